The molecule has 1 saturated carbocycles. The Morgan fingerprint density at radius 2 is 2.18 bits per heavy atom. The van der Waals surface area contributed by atoms with Crippen molar-refractivity contribution in [1.82, 2.24) is 5.32 Å². The van der Waals surface area contributed by atoms with Crippen molar-refractivity contribution in [1.29, 1.82) is 0 Å². The zero-order valence-corrected chi connectivity index (χ0v) is 12.2. The summed E-state index contributed by atoms with van der Waals surface area (Å²) >= 11 is 0. The van der Waals surface area contributed by atoms with Crippen molar-refractivity contribution < 1.29 is 4.74 Å². The molecule has 0 bridgehead atoms. The van der Waals surface area contributed by atoms with Gasteiger partial charge in [-0.25, -0.2) is 0 Å². The molecule has 17 heavy (non-hydrogen) atoms. The van der Waals surface area contributed by atoms with Crippen LogP contribution in [-0.2, 0) is 4.74 Å². The van der Waals surface area contributed by atoms with Gasteiger partial charge in [-0.05, 0) is 38.6 Å². The zero-order chi connectivity index (χ0) is 12.7. The SMILES string of the molecule is CCCC(C)OC1(CNCC)CCCC(C)C1. The van der Waals surface area contributed by atoms with Gasteiger partial charge in [0, 0.05) is 6.54 Å². The topological polar surface area (TPSA) is 21.3 Å². The molecule has 0 heterocycles. The minimum absolute atomic E-state index is 0.113. The Labute approximate surface area is 108 Å². The summed E-state index contributed by atoms with van der Waals surface area (Å²) in [5, 5.41) is 3.50. The molecule has 2 heteroatoms. The van der Waals surface area contributed by atoms with Gasteiger partial charge in [0.25, 0.3) is 0 Å². The maximum atomic E-state index is 6.43. The minimum atomic E-state index is 0.113. The van der Waals surface area contributed by atoms with Gasteiger partial charge in [0.2, 0.25) is 0 Å². The molecule has 3 atom stereocenters. The fourth-order valence-corrected chi connectivity index (χ4v) is 3.17. The fraction of sp³-hybridized carbons (Fsp3) is 1.00. The van der Waals surface area contributed by atoms with E-state index in [0.29, 0.717) is 6.10 Å². The molecule has 1 N–H and O–H groups in total. The minimum Gasteiger partial charge on any atom is -0.371 e. The molecule has 3 unspecified atom stereocenters. The second-order valence-electron chi connectivity index (χ2n) is 5.88. The van der Waals surface area contributed by atoms with Gasteiger partial charge in [-0.3, -0.25) is 0 Å². The van der Waals surface area contributed by atoms with Crippen LogP contribution in [0.25, 0.3) is 0 Å². The molecular formula is C15H31NO. The van der Waals surface area contributed by atoms with E-state index in [0.717, 1.165) is 19.0 Å². The number of nitrogens with one attached hydrogen (secondary N) is 1. The Kier molecular flexibility index (Phi) is 6.50. The first-order valence-electron chi connectivity index (χ1n) is 7.50. The lowest BCUT2D eigenvalue weighted by molar-refractivity contribution is -0.116. The summed E-state index contributed by atoms with van der Waals surface area (Å²) < 4.78 is 6.43. The summed E-state index contributed by atoms with van der Waals surface area (Å²) in [4.78, 5) is 0. The van der Waals surface area contributed by atoms with Crippen LogP contribution < -0.4 is 5.32 Å². The average Bonchev–Trinajstić information content (AvgIpc) is 2.26. The van der Waals surface area contributed by atoms with Crippen LogP contribution in [0.5, 0.6) is 0 Å². The average molecular weight is 241 g/mol. The molecule has 102 valence electrons. The third kappa shape index (κ3) is 4.97. The number of hydrogen-bond acceptors (Lipinski definition) is 2. The van der Waals surface area contributed by atoms with E-state index in [2.05, 4.69) is 33.0 Å². The smallest absolute Gasteiger partial charge is 0.0812 e. The zero-order valence-electron chi connectivity index (χ0n) is 12.2. The van der Waals surface area contributed by atoms with E-state index >= 15 is 0 Å². The van der Waals surface area contributed by atoms with Crippen molar-refractivity contribution in [3.05, 3.63) is 0 Å². The largest absolute Gasteiger partial charge is 0.371 e. The Hall–Kier alpha value is -0.0800. The van der Waals surface area contributed by atoms with Crippen LogP contribution in [0.15, 0.2) is 0 Å². The van der Waals surface area contributed by atoms with Crippen LogP contribution in [-0.4, -0.2) is 24.8 Å². The van der Waals surface area contributed by atoms with Crippen molar-refractivity contribution in [2.75, 3.05) is 13.1 Å². The number of ether oxygens (including phenoxy) is 1. The predicted octanol–water partition coefficient (Wildman–Crippen LogP) is 3.75. The normalized spacial score (nSPS) is 31.4. The molecule has 0 amide bonds. The van der Waals surface area contributed by atoms with Crippen molar-refractivity contribution >= 4 is 0 Å². The standard InChI is InChI=1S/C15H31NO/c1-5-8-14(4)17-15(12-16-6-2)10-7-9-13(3)11-15/h13-14,16H,5-12H2,1-4H3. The highest BCUT2D eigenvalue weighted by atomic mass is 16.5. The Morgan fingerprint density at radius 3 is 2.76 bits per heavy atom. The van der Waals surface area contributed by atoms with Crippen molar-refractivity contribution in [2.45, 2.75) is 77.9 Å². The van der Waals surface area contributed by atoms with Crippen LogP contribution in [0.1, 0.15) is 66.2 Å². The van der Waals surface area contributed by atoms with E-state index in [4.69, 9.17) is 4.74 Å². The fourth-order valence-electron chi connectivity index (χ4n) is 3.17. The summed E-state index contributed by atoms with van der Waals surface area (Å²) in [6.07, 6.45) is 7.97. The monoisotopic (exact) mass is 241 g/mol. The van der Waals surface area contributed by atoms with Crippen molar-refractivity contribution in [3.63, 3.8) is 0 Å². The van der Waals surface area contributed by atoms with Crippen LogP contribution in [0.3, 0.4) is 0 Å². The van der Waals surface area contributed by atoms with Crippen molar-refractivity contribution in [3.8, 4) is 0 Å². The van der Waals surface area contributed by atoms with E-state index in [-0.39, 0.29) is 5.60 Å². The van der Waals surface area contributed by atoms with Gasteiger partial charge in [-0.2, -0.15) is 0 Å². The summed E-state index contributed by atoms with van der Waals surface area (Å²) in [6.45, 7) is 11.1. The lowest BCUT2D eigenvalue weighted by Gasteiger charge is -2.42. The third-order valence-electron chi connectivity index (χ3n) is 3.89. The molecule has 0 aromatic carbocycles. The molecule has 1 fully saturated rings. The number of rotatable bonds is 7. The van der Waals surface area contributed by atoms with E-state index in [1.54, 1.807) is 0 Å². The summed E-state index contributed by atoms with van der Waals surface area (Å²) in [7, 11) is 0. The van der Waals surface area contributed by atoms with Crippen LogP contribution in [0.2, 0.25) is 0 Å². The Bertz CT molecular complexity index is 207. The molecule has 0 aliphatic heterocycles. The van der Waals surface area contributed by atoms with Gasteiger partial charge in [0.15, 0.2) is 0 Å². The molecule has 0 radical (unpaired) electrons. The highest BCUT2D eigenvalue weighted by molar-refractivity contribution is 4.89. The maximum Gasteiger partial charge on any atom is 0.0812 e. The Balaban J connectivity index is 2.57. The number of likely N-dealkylation sites (N-methyl/N-ethyl adjacent to an activating group) is 1. The molecule has 2 nitrogen and oxygen atoms in total. The van der Waals surface area contributed by atoms with E-state index in [1.807, 2.05) is 0 Å². The van der Waals surface area contributed by atoms with Gasteiger partial charge in [0.1, 0.15) is 0 Å². The van der Waals surface area contributed by atoms with E-state index in [9.17, 15) is 0 Å². The molecule has 0 aromatic heterocycles. The first kappa shape index (κ1) is 15.0. The highest BCUT2D eigenvalue weighted by Crippen LogP contribution is 2.36. The highest BCUT2D eigenvalue weighted by Gasteiger charge is 2.36. The predicted molar refractivity (Wildman–Crippen MR) is 74.4 cm³/mol. The second kappa shape index (κ2) is 7.38. The lowest BCUT2D eigenvalue weighted by atomic mass is 9.78. The van der Waals surface area contributed by atoms with Gasteiger partial charge < -0.3 is 10.1 Å². The van der Waals surface area contributed by atoms with Gasteiger partial charge in [-0.1, -0.05) is 40.0 Å². The molecular weight excluding hydrogens is 210 g/mol. The van der Waals surface area contributed by atoms with Gasteiger partial charge in [0.05, 0.1) is 11.7 Å². The molecule has 1 aliphatic rings. The molecule has 1 aliphatic carbocycles. The van der Waals surface area contributed by atoms with E-state index in [1.165, 1.54) is 38.5 Å². The van der Waals surface area contributed by atoms with Crippen LogP contribution >= 0.6 is 0 Å². The third-order valence-corrected chi connectivity index (χ3v) is 3.89. The first-order valence-corrected chi connectivity index (χ1v) is 7.50. The van der Waals surface area contributed by atoms with Gasteiger partial charge in [-0.15, -0.1) is 0 Å². The second-order valence-corrected chi connectivity index (χ2v) is 5.88. The van der Waals surface area contributed by atoms with Crippen LogP contribution in [0, 0.1) is 5.92 Å². The van der Waals surface area contributed by atoms with Crippen LogP contribution in [0.4, 0.5) is 0 Å². The van der Waals surface area contributed by atoms with Crippen molar-refractivity contribution in [2.24, 2.45) is 5.92 Å². The maximum absolute atomic E-state index is 6.43. The molecule has 1 rings (SSSR count). The summed E-state index contributed by atoms with van der Waals surface area (Å²) in [5.41, 5.74) is 0.113. The summed E-state index contributed by atoms with van der Waals surface area (Å²) in [5.74, 6) is 0.816. The summed E-state index contributed by atoms with van der Waals surface area (Å²) in [6, 6.07) is 0. The molecule has 0 spiro atoms. The Morgan fingerprint density at radius 1 is 1.41 bits per heavy atom. The quantitative estimate of drug-likeness (QED) is 0.733. The lowest BCUT2D eigenvalue weighted by Crippen LogP contribution is -2.48. The van der Waals surface area contributed by atoms with Gasteiger partial charge >= 0.3 is 0 Å². The number of hydrogen-bond donors (Lipinski definition) is 1. The molecule has 0 aromatic rings. The van der Waals surface area contributed by atoms with E-state index < -0.39 is 0 Å². The molecule has 0 saturated heterocycles. The first-order chi connectivity index (χ1) is 8.12.